The number of rotatable bonds is 7. The number of alkyl carbamates (subject to hydrolysis) is 1. The van der Waals surface area contributed by atoms with Crippen molar-refractivity contribution in [3.8, 4) is 5.75 Å². The third kappa shape index (κ3) is 6.11. The van der Waals surface area contributed by atoms with Crippen molar-refractivity contribution in [3.05, 3.63) is 28.2 Å². The first kappa shape index (κ1) is 21.4. The maximum Gasteiger partial charge on any atom is 0.407 e. The number of benzene rings is 1. The van der Waals surface area contributed by atoms with Crippen LogP contribution in [0, 0.1) is 11.8 Å². The fourth-order valence-corrected chi connectivity index (χ4v) is 5.02. The van der Waals surface area contributed by atoms with Crippen LogP contribution < -0.4 is 10.1 Å². The van der Waals surface area contributed by atoms with Crippen LogP contribution in [0.3, 0.4) is 0 Å². The van der Waals surface area contributed by atoms with Gasteiger partial charge in [0.15, 0.2) is 0 Å². The van der Waals surface area contributed by atoms with Crippen LogP contribution in [0.5, 0.6) is 5.75 Å². The monoisotopic (exact) mass is 452 g/mol. The second kappa shape index (κ2) is 10.5. The number of nitrogens with one attached hydrogen (secondary N) is 1. The largest absolute Gasteiger partial charge is 0.497 e. The summed E-state index contributed by atoms with van der Waals surface area (Å²) in [7, 11) is 3.15. The molecule has 1 N–H and O–H groups in total. The minimum atomic E-state index is -0.297. The predicted octanol–water partition coefficient (Wildman–Crippen LogP) is 4.63. The van der Waals surface area contributed by atoms with Crippen LogP contribution in [0.4, 0.5) is 4.79 Å². The van der Waals surface area contributed by atoms with Gasteiger partial charge < -0.3 is 19.7 Å². The summed E-state index contributed by atoms with van der Waals surface area (Å²) < 4.78 is 11.3. The van der Waals surface area contributed by atoms with Gasteiger partial charge in [0.05, 0.1) is 14.2 Å². The van der Waals surface area contributed by atoms with Crippen molar-refractivity contribution in [1.29, 1.82) is 0 Å². The Balaban J connectivity index is 1.37. The van der Waals surface area contributed by atoms with Crippen molar-refractivity contribution < 1.29 is 14.3 Å². The SMILES string of the molecule is COC(=O)NC1CCC(CCN2CCC(Cc3cc(OC)ccc3Br)C2)CC1. The van der Waals surface area contributed by atoms with Gasteiger partial charge in [-0.25, -0.2) is 4.79 Å². The predicted molar refractivity (Wildman–Crippen MR) is 115 cm³/mol. The number of hydrogen-bond acceptors (Lipinski definition) is 4. The molecule has 0 radical (unpaired) electrons. The van der Waals surface area contributed by atoms with E-state index >= 15 is 0 Å². The Morgan fingerprint density at radius 1 is 1.18 bits per heavy atom. The van der Waals surface area contributed by atoms with Gasteiger partial charge in [-0.3, -0.25) is 0 Å². The number of hydrogen-bond donors (Lipinski definition) is 1. The zero-order valence-electron chi connectivity index (χ0n) is 17.1. The zero-order valence-corrected chi connectivity index (χ0v) is 18.7. The number of carbonyl (C=O) groups is 1. The second-order valence-electron chi connectivity index (χ2n) is 8.26. The molecular formula is C22H33BrN2O3. The van der Waals surface area contributed by atoms with Crippen LogP contribution >= 0.6 is 15.9 Å². The van der Waals surface area contributed by atoms with E-state index in [9.17, 15) is 4.79 Å². The van der Waals surface area contributed by atoms with Crippen molar-refractivity contribution in [2.75, 3.05) is 33.9 Å². The molecular weight excluding hydrogens is 420 g/mol. The highest BCUT2D eigenvalue weighted by molar-refractivity contribution is 9.10. The molecule has 1 saturated heterocycles. The van der Waals surface area contributed by atoms with Gasteiger partial charge in [0, 0.05) is 17.1 Å². The molecule has 1 aromatic rings. The average molecular weight is 453 g/mol. The van der Waals surface area contributed by atoms with E-state index in [2.05, 4.69) is 38.3 Å². The van der Waals surface area contributed by atoms with E-state index in [0.29, 0.717) is 6.04 Å². The third-order valence-corrected chi connectivity index (χ3v) is 7.11. The molecule has 0 spiro atoms. The molecule has 28 heavy (non-hydrogen) atoms. The summed E-state index contributed by atoms with van der Waals surface area (Å²) in [6, 6.07) is 6.55. The van der Waals surface area contributed by atoms with Gasteiger partial charge in [-0.1, -0.05) is 15.9 Å². The highest BCUT2D eigenvalue weighted by Gasteiger charge is 2.26. The molecule has 1 amide bonds. The first-order valence-corrected chi connectivity index (χ1v) is 11.3. The topological polar surface area (TPSA) is 50.8 Å². The number of amides is 1. The Hall–Kier alpha value is -1.27. The summed E-state index contributed by atoms with van der Waals surface area (Å²) in [5, 5.41) is 2.94. The normalized spacial score (nSPS) is 25.5. The number of carbonyl (C=O) groups excluding carboxylic acids is 1. The minimum Gasteiger partial charge on any atom is -0.497 e. The highest BCUT2D eigenvalue weighted by Crippen LogP contribution is 2.30. The second-order valence-corrected chi connectivity index (χ2v) is 9.11. The van der Waals surface area contributed by atoms with E-state index in [4.69, 9.17) is 9.47 Å². The van der Waals surface area contributed by atoms with Gasteiger partial charge in [0.1, 0.15) is 5.75 Å². The lowest BCUT2D eigenvalue weighted by atomic mass is 9.84. The molecule has 1 unspecified atom stereocenters. The summed E-state index contributed by atoms with van der Waals surface area (Å²) in [4.78, 5) is 14.0. The molecule has 1 heterocycles. The lowest BCUT2D eigenvalue weighted by molar-refractivity contribution is 0.159. The Kier molecular flexibility index (Phi) is 8.03. The molecule has 1 atom stereocenters. The van der Waals surface area contributed by atoms with Crippen LogP contribution in [-0.4, -0.2) is 50.9 Å². The van der Waals surface area contributed by atoms with Gasteiger partial charge in [0.25, 0.3) is 0 Å². The Morgan fingerprint density at radius 2 is 1.96 bits per heavy atom. The number of likely N-dealkylation sites (tertiary alicyclic amines) is 1. The molecule has 2 fully saturated rings. The van der Waals surface area contributed by atoms with Crippen molar-refractivity contribution in [3.63, 3.8) is 0 Å². The van der Waals surface area contributed by atoms with Crippen LogP contribution in [-0.2, 0) is 11.2 Å². The number of methoxy groups -OCH3 is 2. The fourth-order valence-electron chi connectivity index (χ4n) is 4.61. The average Bonchev–Trinajstić information content (AvgIpc) is 3.16. The van der Waals surface area contributed by atoms with Gasteiger partial charge >= 0.3 is 6.09 Å². The van der Waals surface area contributed by atoms with Crippen molar-refractivity contribution in [2.24, 2.45) is 11.8 Å². The molecule has 156 valence electrons. The van der Waals surface area contributed by atoms with Gasteiger partial charge in [0.2, 0.25) is 0 Å². The van der Waals surface area contributed by atoms with Gasteiger partial charge in [-0.05, 0) is 93.6 Å². The first-order chi connectivity index (χ1) is 13.6. The van der Waals surface area contributed by atoms with Crippen LogP contribution in [0.2, 0.25) is 0 Å². The van der Waals surface area contributed by atoms with Crippen molar-refractivity contribution in [1.82, 2.24) is 10.2 Å². The molecule has 1 saturated carbocycles. The summed E-state index contributed by atoms with van der Waals surface area (Å²) in [5.74, 6) is 2.45. The van der Waals surface area contributed by atoms with Crippen LogP contribution in [0.15, 0.2) is 22.7 Å². The molecule has 1 aliphatic heterocycles. The minimum absolute atomic E-state index is 0.293. The van der Waals surface area contributed by atoms with Gasteiger partial charge in [-0.2, -0.15) is 0 Å². The third-order valence-electron chi connectivity index (χ3n) is 6.34. The first-order valence-electron chi connectivity index (χ1n) is 10.5. The van der Waals surface area contributed by atoms with Gasteiger partial charge in [-0.15, -0.1) is 0 Å². The molecule has 2 aliphatic rings. The maximum absolute atomic E-state index is 11.3. The number of ether oxygens (including phenoxy) is 2. The molecule has 3 rings (SSSR count). The highest BCUT2D eigenvalue weighted by atomic mass is 79.9. The van der Waals surface area contributed by atoms with Crippen LogP contribution in [0.1, 0.15) is 44.1 Å². The summed E-state index contributed by atoms with van der Waals surface area (Å²) in [6.07, 6.45) is 7.94. The molecule has 6 heteroatoms. The quantitative estimate of drug-likeness (QED) is 0.654. The van der Waals surface area contributed by atoms with E-state index in [1.165, 1.54) is 62.5 Å². The summed E-state index contributed by atoms with van der Waals surface area (Å²) >= 11 is 3.69. The number of halogens is 1. The van der Waals surface area contributed by atoms with Crippen molar-refractivity contribution >= 4 is 22.0 Å². The van der Waals surface area contributed by atoms with Crippen molar-refractivity contribution in [2.45, 2.75) is 51.0 Å². The van der Waals surface area contributed by atoms with E-state index in [1.54, 1.807) is 7.11 Å². The van der Waals surface area contributed by atoms with Crippen LogP contribution in [0.25, 0.3) is 0 Å². The Morgan fingerprint density at radius 3 is 2.68 bits per heavy atom. The lowest BCUT2D eigenvalue weighted by Gasteiger charge is -2.29. The molecule has 0 bridgehead atoms. The van der Waals surface area contributed by atoms with E-state index in [0.717, 1.165) is 36.8 Å². The zero-order chi connectivity index (χ0) is 19.9. The Labute approximate surface area is 177 Å². The Bertz CT molecular complexity index is 647. The standard InChI is InChI=1S/C22H33BrN2O3/c1-27-20-7-8-21(23)18(14-20)13-17-10-12-25(15-17)11-9-16-3-5-19(6-4-16)24-22(26)28-2/h7-8,14,16-17,19H,3-6,9-13,15H2,1-2H3,(H,24,26). The van der Waals surface area contributed by atoms with E-state index in [-0.39, 0.29) is 6.09 Å². The maximum atomic E-state index is 11.3. The lowest BCUT2D eigenvalue weighted by Crippen LogP contribution is -2.38. The summed E-state index contributed by atoms with van der Waals surface area (Å²) in [5.41, 5.74) is 1.35. The molecule has 1 aliphatic carbocycles. The van der Waals surface area contributed by atoms with E-state index < -0.39 is 0 Å². The van der Waals surface area contributed by atoms with E-state index in [1.807, 2.05) is 6.07 Å². The molecule has 1 aromatic carbocycles. The summed E-state index contributed by atoms with van der Waals surface area (Å²) in [6.45, 7) is 3.62. The molecule has 5 nitrogen and oxygen atoms in total. The number of nitrogens with zero attached hydrogens (tertiary/aromatic N) is 1. The molecule has 0 aromatic heterocycles. The smallest absolute Gasteiger partial charge is 0.407 e. The fraction of sp³-hybridized carbons (Fsp3) is 0.682.